The van der Waals surface area contributed by atoms with Crippen LogP contribution < -0.4 is 0 Å². The lowest BCUT2D eigenvalue weighted by atomic mass is 10.2. The van der Waals surface area contributed by atoms with Crippen LogP contribution in [-0.4, -0.2) is 74.4 Å². The summed E-state index contributed by atoms with van der Waals surface area (Å²) < 4.78 is 64.3. The first kappa shape index (κ1) is 28.0. The Bertz CT molecular complexity index is 1170. The molecule has 0 radical (unpaired) electrons. The molecule has 2 aromatic carbocycles. The average molecular weight is 528 g/mol. The Labute approximate surface area is 203 Å². The number of hydrogen-bond donors (Lipinski definition) is 0. The zero-order chi connectivity index (χ0) is 25.5. The van der Waals surface area contributed by atoms with E-state index < -0.39 is 36.9 Å². The number of benzene rings is 2. The van der Waals surface area contributed by atoms with Gasteiger partial charge in [-0.05, 0) is 43.6 Å². The Morgan fingerprint density at radius 2 is 1.15 bits per heavy atom. The van der Waals surface area contributed by atoms with Gasteiger partial charge in [0.15, 0.2) is 0 Å². The van der Waals surface area contributed by atoms with Gasteiger partial charge >= 0.3 is 0 Å². The summed E-state index contributed by atoms with van der Waals surface area (Å²) in [5, 5.41) is 3.66. The van der Waals surface area contributed by atoms with Gasteiger partial charge in [-0.15, -0.1) is 0 Å². The van der Waals surface area contributed by atoms with Crippen molar-refractivity contribution in [3.05, 3.63) is 70.1 Å². The second kappa shape index (κ2) is 11.9. The van der Waals surface area contributed by atoms with Crippen molar-refractivity contribution in [1.29, 1.82) is 0 Å². The van der Waals surface area contributed by atoms with Gasteiger partial charge in [0.05, 0.1) is 15.8 Å². The Balaban J connectivity index is 0.000000945. The molecule has 0 amide bonds. The predicted octanol–water partition coefficient (Wildman–Crippen LogP) is 2.67. The highest BCUT2D eigenvalue weighted by Gasteiger charge is 2.35. The first-order valence-corrected chi connectivity index (χ1v) is 15.2. The molecular weight excluding hydrogens is 498 g/mol. The maximum absolute atomic E-state index is 13.1. The molecule has 10 nitrogen and oxygen atoms in total. The fourth-order valence-electron chi connectivity index (χ4n) is 3.23. The van der Waals surface area contributed by atoms with Crippen LogP contribution in [0.2, 0.25) is 0 Å². The van der Waals surface area contributed by atoms with Crippen molar-refractivity contribution in [3.8, 4) is 0 Å². The number of sulfonamides is 2. The van der Waals surface area contributed by atoms with Crippen LogP contribution in [-0.2, 0) is 30.8 Å². The molecule has 1 fully saturated rings. The number of azide groups is 1. The lowest BCUT2D eigenvalue weighted by Gasteiger charge is -2.21. The van der Waals surface area contributed by atoms with Gasteiger partial charge in [0.1, 0.15) is 0 Å². The normalized spacial score (nSPS) is 16.3. The van der Waals surface area contributed by atoms with Gasteiger partial charge < -0.3 is 0 Å². The van der Waals surface area contributed by atoms with Gasteiger partial charge in [0, 0.05) is 54.4 Å². The van der Waals surface area contributed by atoms with E-state index in [1.54, 1.807) is 36.8 Å². The van der Waals surface area contributed by atoms with Crippen molar-refractivity contribution in [2.45, 2.75) is 29.7 Å². The van der Waals surface area contributed by atoms with Gasteiger partial charge in [-0.3, -0.25) is 4.21 Å². The second-order valence-electron chi connectivity index (χ2n) is 7.95. The van der Waals surface area contributed by atoms with E-state index in [1.807, 2.05) is 13.8 Å². The van der Waals surface area contributed by atoms with E-state index in [2.05, 4.69) is 10.0 Å². The minimum atomic E-state index is -3.86. The number of nitrogens with zero attached hydrogens (tertiary/aromatic N) is 5. The van der Waals surface area contributed by atoms with Crippen molar-refractivity contribution in [2.24, 2.45) is 5.11 Å². The van der Waals surface area contributed by atoms with Crippen LogP contribution in [0.25, 0.3) is 10.4 Å². The second-order valence-corrected chi connectivity index (χ2v) is 13.3. The van der Waals surface area contributed by atoms with E-state index in [4.69, 9.17) is 5.53 Å². The van der Waals surface area contributed by atoms with E-state index in [0.29, 0.717) is 0 Å². The molecule has 0 aliphatic carbocycles. The van der Waals surface area contributed by atoms with E-state index in [9.17, 15) is 21.0 Å². The largest absolute Gasteiger partial charge is 0.260 e. The van der Waals surface area contributed by atoms with Crippen LogP contribution in [0.3, 0.4) is 0 Å². The fraction of sp³-hybridized carbons (Fsp3) is 0.429. The topological polar surface area (TPSA) is 141 Å². The average Bonchev–Trinajstić information content (AvgIpc) is 2.98. The van der Waals surface area contributed by atoms with Gasteiger partial charge in [-0.2, -0.15) is 8.61 Å². The summed E-state index contributed by atoms with van der Waals surface area (Å²) in [6.07, 6.45) is 3.28. The van der Waals surface area contributed by atoms with Crippen molar-refractivity contribution in [2.75, 3.05) is 38.7 Å². The summed E-state index contributed by atoms with van der Waals surface area (Å²) in [5.74, 6) is 0. The molecule has 1 saturated heterocycles. The summed E-state index contributed by atoms with van der Waals surface area (Å²) in [6.45, 7) is 3.43. The summed E-state index contributed by atoms with van der Waals surface area (Å²) in [6, 6.07) is 12.0. The zero-order valence-electron chi connectivity index (χ0n) is 19.5. The Hall–Kier alpha value is -2.28. The number of hydrogen-bond acceptors (Lipinski definition) is 6. The highest BCUT2D eigenvalue weighted by molar-refractivity contribution is 7.89. The molecular formula is C21H29N5O5S3. The van der Waals surface area contributed by atoms with Gasteiger partial charge in [0.2, 0.25) is 20.0 Å². The first-order chi connectivity index (χ1) is 15.9. The van der Waals surface area contributed by atoms with Crippen LogP contribution >= 0.6 is 0 Å². The third-order valence-electron chi connectivity index (χ3n) is 4.96. The highest BCUT2D eigenvalue weighted by atomic mass is 32.2. The molecule has 0 aromatic heterocycles. The molecule has 13 heteroatoms. The van der Waals surface area contributed by atoms with Crippen molar-refractivity contribution >= 4 is 30.8 Å². The minimum absolute atomic E-state index is 0.0429. The van der Waals surface area contributed by atoms with E-state index in [1.165, 1.54) is 32.9 Å². The predicted molar refractivity (Wildman–Crippen MR) is 133 cm³/mol. The standard InChI is InChI=1S/C19H23N5O4S2.C2H6OS/c1-15-3-7-18(8-4-15)29(25,26)23-11-12-24(14-17(13-23)21-22-20)30(27,28)19-9-5-16(2)6-10-19;1-4(2)3/h3-10,17H,11-14H2,1-2H3;1-2H3. The molecule has 0 spiro atoms. The minimum Gasteiger partial charge on any atom is -0.260 e. The Morgan fingerprint density at radius 1 is 0.824 bits per heavy atom. The van der Waals surface area contributed by atoms with Crippen molar-refractivity contribution < 1.29 is 21.0 Å². The highest BCUT2D eigenvalue weighted by Crippen LogP contribution is 2.23. The van der Waals surface area contributed by atoms with Crippen molar-refractivity contribution in [3.63, 3.8) is 0 Å². The summed E-state index contributed by atoms with van der Waals surface area (Å²) in [4.78, 5) is 3.01. The van der Waals surface area contributed by atoms with Crippen LogP contribution in [0.15, 0.2) is 63.4 Å². The maximum atomic E-state index is 13.1. The third-order valence-corrected chi connectivity index (χ3v) is 8.72. The molecule has 1 aliphatic rings. The molecule has 2 aromatic rings. The Kier molecular flexibility index (Phi) is 9.80. The monoisotopic (exact) mass is 527 g/mol. The molecule has 0 N–H and O–H groups in total. The van der Waals surface area contributed by atoms with E-state index in [-0.39, 0.29) is 36.0 Å². The molecule has 0 bridgehead atoms. The summed E-state index contributed by atoms with van der Waals surface area (Å²) >= 11 is 0. The molecule has 0 saturated carbocycles. The smallest absolute Gasteiger partial charge is 0.243 e. The van der Waals surface area contributed by atoms with E-state index in [0.717, 1.165) is 11.1 Å². The lowest BCUT2D eigenvalue weighted by Crippen LogP contribution is -2.37. The third kappa shape index (κ3) is 7.36. The van der Waals surface area contributed by atoms with E-state index >= 15 is 0 Å². The molecule has 1 heterocycles. The number of rotatable bonds is 5. The van der Waals surface area contributed by atoms with Crippen LogP contribution in [0.4, 0.5) is 0 Å². The Morgan fingerprint density at radius 3 is 1.44 bits per heavy atom. The van der Waals surface area contributed by atoms with Crippen LogP contribution in [0.1, 0.15) is 11.1 Å². The van der Waals surface area contributed by atoms with Crippen LogP contribution in [0, 0.1) is 13.8 Å². The van der Waals surface area contributed by atoms with Gasteiger partial charge in [-0.25, -0.2) is 16.8 Å². The van der Waals surface area contributed by atoms with Gasteiger partial charge in [0.25, 0.3) is 0 Å². The molecule has 0 atom stereocenters. The SMILES string of the molecule is CS(C)=O.Cc1ccc(S(=O)(=O)N2CCN(S(=O)(=O)c3ccc(C)cc3)CC(N=[N+]=[N-])C2)cc1. The quantitative estimate of drug-likeness (QED) is 0.334. The lowest BCUT2D eigenvalue weighted by molar-refractivity contribution is 0.404. The molecule has 186 valence electrons. The molecule has 34 heavy (non-hydrogen) atoms. The molecule has 1 aliphatic heterocycles. The first-order valence-electron chi connectivity index (χ1n) is 10.3. The fourth-order valence-corrected chi connectivity index (χ4v) is 6.17. The van der Waals surface area contributed by atoms with Gasteiger partial charge in [-0.1, -0.05) is 40.5 Å². The van der Waals surface area contributed by atoms with Crippen LogP contribution in [0.5, 0.6) is 0 Å². The summed E-state index contributed by atoms with van der Waals surface area (Å²) in [7, 11) is -8.34. The number of aryl methyl sites for hydroxylation is 2. The molecule has 3 rings (SSSR count). The zero-order valence-corrected chi connectivity index (χ0v) is 22.0. The van der Waals surface area contributed by atoms with Crippen molar-refractivity contribution in [1.82, 2.24) is 8.61 Å². The summed E-state index contributed by atoms with van der Waals surface area (Å²) in [5.41, 5.74) is 10.8. The maximum Gasteiger partial charge on any atom is 0.243 e. The molecule has 0 unspecified atom stereocenters.